The third-order valence-electron chi connectivity index (χ3n) is 5.08. The molecule has 0 aromatic heterocycles. The minimum atomic E-state index is -3.06. The van der Waals surface area contributed by atoms with E-state index in [-0.39, 0.29) is 5.41 Å². The molecule has 0 radical (unpaired) electrons. The van der Waals surface area contributed by atoms with Crippen molar-refractivity contribution in [1.29, 1.82) is 0 Å². The minimum absolute atomic E-state index is 0.000292. The summed E-state index contributed by atoms with van der Waals surface area (Å²) < 4.78 is 24.7. The molecule has 1 aliphatic heterocycles. The maximum Gasteiger partial charge on any atom is 0.211 e. The molecule has 1 aromatic rings. The van der Waals surface area contributed by atoms with E-state index < -0.39 is 10.0 Å². The molecule has 0 bridgehead atoms. The van der Waals surface area contributed by atoms with Crippen LogP contribution in [0, 0.1) is 5.92 Å². The first-order valence-electron chi connectivity index (χ1n) is 9.17. The van der Waals surface area contributed by atoms with Gasteiger partial charge in [-0.2, -0.15) is 0 Å². The molecule has 26 heavy (non-hydrogen) atoms. The quantitative estimate of drug-likeness (QED) is 0.583. The molecule has 0 saturated carbocycles. The zero-order valence-electron chi connectivity index (χ0n) is 16.3. The van der Waals surface area contributed by atoms with Gasteiger partial charge in [0.1, 0.15) is 0 Å². The predicted octanol–water partition coefficient (Wildman–Crippen LogP) is 1.80. The van der Waals surface area contributed by atoms with Crippen LogP contribution in [0.25, 0.3) is 0 Å². The van der Waals surface area contributed by atoms with Gasteiger partial charge < -0.3 is 10.6 Å². The van der Waals surface area contributed by atoms with Crippen molar-refractivity contribution in [3.8, 4) is 0 Å². The van der Waals surface area contributed by atoms with Gasteiger partial charge in [0.15, 0.2) is 5.96 Å². The largest absolute Gasteiger partial charge is 0.356 e. The Morgan fingerprint density at radius 2 is 1.81 bits per heavy atom. The van der Waals surface area contributed by atoms with Gasteiger partial charge in [0.2, 0.25) is 10.0 Å². The lowest BCUT2D eigenvalue weighted by atomic mass is 9.85. The van der Waals surface area contributed by atoms with Crippen LogP contribution in [-0.2, 0) is 15.4 Å². The fourth-order valence-corrected chi connectivity index (χ4v) is 4.08. The van der Waals surface area contributed by atoms with Crippen molar-refractivity contribution in [2.75, 3.05) is 39.5 Å². The summed E-state index contributed by atoms with van der Waals surface area (Å²) in [5.74, 6) is 1.26. The van der Waals surface area contributed by atoms with Crippen molar-refractivity contribution in [2.24, 2.45) is 10.9 Å². The third-order valence-corrected chi connectivity index (χ3v) is 6.38. The van der Waals surface area contributed by atoms with E-state index in [0.717, 1.165) is 31.9 Å². The van der Waals surface area contributed by atoms with E-state index in [9.17, 15) is 8.42 Å². The van der Waals surface area contributed by atoms with Crippen molar-refractivity contribution in [3.05, 3.63) is 35.9 Å². The fraction of sp³-hybridized carbons (Fsp3) is 0.632. The van der Waals surface area contributed by atoms with Crippen LogP contribution >= 0.6 is 0 Å². The summed E-state index contributed by atoms with van der Waals surface area (Å²) in [6.07, 6.45) is 3.05. The lowest BCUT2D eigenvalue weighted by Gasteiger charge is -2.31. The molecule has 0 aliphatic carbocycles. The summed E-state index contributed by atoms with van der Waals surface area (Å²) in [5, 5.41) is 6.80. The smallest absolute Gasteiger partial charge is 0.211 e. The van der Waals surface area contributed by atoms with E-state index >= 15 is 0 Å². The molecule has 146 valence electrons. The van der Waals surface area contributed by atoms with Gasteiger partial charge in [-0.3, -0.25) is 4.99 Å². The maximum absolute atomic E-state index is 11.6. The monoisotopic (exact) mass is 380 g/mol. The Bertz CT molecular complexity index is 694. The highest BCUT2D eigenvalue weighted by molar-refractivity contribution is 7.88. The van der Waals surface area contributed by atoms with E-state index in [2.05, 4.69) is 53.7 Å². The number of sulfonamides is 1. The zero-order chi connectivity index (χ0) is 19.2. The molecular weight excluding hydrogens is 348 g/mol. The molecule has 2 N–H and O–H groups in total. The van der Waals surface area contributed by atoms with Crippen LogP contribution in [-0.4, -0.2) is 58.2 Å². The van der Waals surface area contributed by atoms with Gasteiger partial charge in [0.25, 0.3) is 0 Å². The number of rotatable bonds is 6. The van der Waals surface area contributed by atoms with Crippen LogP contribution in [0.1, 0.15) is 32.3 Å². The normalized spacial score (nSPS) is 17.9. The Morgan fingerprint density at radius 1 is 1.19 bits per heavy atom. The summed E-state index contributed by atoms with van der Waals surface area (Å²) in [4.78, 5) is 4.31. The molecule has 0 atom stereocenters. The number of benzene rings is 1. The summed E-state index contributed by atoms with van der Waals surface area (Å²) in [6, 6.07) is 10.4. The lowest BCUT2D eigenvalue weighted by Crippen LogP contribution is -2.46. The molecule has 1 heterocycles. The van der Waals surface area contributed by atoms with Crippen LogP contribution in [0.4, 0.5) is 0 Å². The topological polar surface area (TPSA) is 73.8 Å². The van der Waals surface area contributed by atoms with Gasteiger partial charge in [-0.25, -0.2) is 12.7 Å². The average Bonchev–Trinajstić information content (AvgIpc) is 2.62. The Balaban J connectivity index is 1.78. The van der Waals surface area contributed by atoms with E-state index in [1.807, 2.05) is 6.07 Å². The predicted molar refractivity (Wildman–Crippen MR) is 108 cm³/mol. The van der Waals surface area contributed by atoms with Crippen molar-refractivity contribution in [3.63, 3.8) is 0 Å². The first-order chi connectivity index (χ1) is 12.2. The Kier molecular flexibility index (Phi) is 7.06. The molecule has 1 fully saturated rings. The highest BCUT2D eigenvalue weighted by Crippen LogP contribution is 2.21. The number of hydrogen-bond acceptors (Lipinski definition) is 3. The second-order valence-electron chi connectivity index (χ2n) is 7.66. The number of piperidine rings is 1. The van der Waals surface area contributed by atoms with Crippen molar-refractivity contribution >= 4 is 16.0 Å². The number of nitrogens with zero attached hydrogens (tertiary/aromatic N) is 2. The molecule has 6 nitrogen and oxygen atoms in total. The first-order valence-corrected chi connectivity index (χ1v) is 11.0. The number of nitrogens with one attached hydrogen (secondary N) is 2. The van der Waals surface area contributed by atoms with Crippen molar-refractivity contribution in [2.45, 2.75) is 32.1 Å². The molecule has 7 heteroatoms. The molecular formula is C19H32N4O2S. The summed E-state index contributed by atoms with van der Waals surface area (Å²) in [5.41, 5.74) is 1.29. The Labute approximate surface area is 158 Å². The van der Waals surface area contributed by atoms with Gasteiger partial charge in [-0.15, -0.1) is 0 Å². The second-order valence-corrected chi connectivity index (χ2v) is 9.64. The lowest BCUT2D eigenvalue weighted by molar-refractivity contribution is 0.274. The fourth-order valence-electron chi connectivity index (χ4n) is 3.20. The Morgan fingerprint density at radius 3 is 2.35 bits per heavy atom. The van der Waals surface area contributed by atoms with Crippen LogP contribution in [0.3, 0.4) is 0 Å². The van der Waals surface area contributed by atoms with Gasteiger partial charge >= 0.3 is 0 Å². The second kappa shape index (κ2) is 8.86. The van der Waals surface area contributed by atoms with E-state index in [4.69, 9.17) is 0 Å². The Hall–Kier alpha value is -1.60. The molecule has 1 aliphatic rings. The number of hydrogen-bond donors (Lipinski definition) is 2. The van der Waals surface area contributed by atoms with Gasteiger partial charge in [0.05, 0.1) is 6.26 Å². The summed E-state index contributed by atoms with van der Waals surface area (Å²) in [7, 11) is -1.28. The molecule has 0 spiro atoms. The first kappa shape index (κ1) is 20.7. The van der Waals surface area contributed by atoms with E-state index in [1.165, 1.54) is 11.8 Å². The van der Waals surface area contributed by atoms with E-state index in [1.54, 1.807) is 11.4 Å². The number of guanidine groups is 1. The summed E-state index contributed by atoms with van der Waals surface area (Å²) in [6.45, 7) is 7.23. The molecule has 0 unspecified atom stereocenters. The highest BCUT2D eigenvalue weighted by Gasteiger charge is 2.25. The number of aliphatic imine (C=N–C) groups is 1. The van der Waals surface area contributed by atoms with Crippen LogP contribution in [0.15, 0.2) is 35.3 Å². The molecule has 2 rings (SSSR count). The zero-order valence-corrected chi connectivity index (χ0v) is 17.1. The van der Waals surface area contributed by atoms with Gasteiger partial charge in [0, 0.05) is 38.6 Å². The summed E-state index contributed by atoms with van der Waals surface area (Å²) >= 11 is 0. The third kappa shape index (κ3) is 5.99. The molecule has 1 saturated heterocycles. The molecule has 0 amide bonds. The standard InChI is InChI=1S/C19H32N4O2S/c1-19(2,17-8-6-5-7-9-17)15-22-18(20-3)21-14-16-10-12-23(13-11-16)26(4,24)25/h5-9,16H,10-15H2,1-4H3,(H2,20,21,22). The SMILES string of the molecule is CN=C(NCC1CCN(S(C)(=O)=O)CC1)NCC(C)(C)c1ccccc1. The molecule has 1 aromatic carbocycles. The van der Waals surface area contributed by atoms with Gasteiger partial charge in [-0.05, 0) is 24.3 Å². The van der Waals surface area contributed by atoms with Gasteiger partial charge in [-0.1, -0.05) is 44.2 Å². The highest BCUT2D eigenvalue weighted by atomic mass is 32.2. The van der Waals surface area contributed by atoms with Crippen LogP contribution in [0.2, 0.25) is 0 Å². The minimum Gasteiger partial charge on any atom is -0.356 e. The maximum atomic E-state index is 11.6. The van der Waals surface area contributed by atoms with Crippen LogP contribution < -0.4 is 10.6 Å². The average molecular weight is 381 g/mol. The van der Waals surface area contributed by atoms with Crippen molar-refractivity contribution in [1.82, 2.24) is 14.9 Å². The van der Waals surface area contributed by atoms with E-state index in [0.29, 0.717) is 19.0 Å². The van der Waals surface area contributed by atoms with Crippen molar-refractivity contribution < 1.29 is 8.42 Å². The van der Waals surface area contributed by atoms with Crippen LogP contribution in [0.5, 0.6) is 0 Å².